The first kappa shape index (κ1) is 14.4. The fraction of sp³-hybridized carbons (Fsp3) is 0.727. The minimum absolute atomic E-state index is 0.155. The molecule has 1 aromatic heterocycles. The highest BCUT2D eigenvalue weighted by atomic mass is 35.5. The van der Waals surface area contributed by atoms with E-state index in [2.05, 4.69) is 10.5 Å². The van der Waals surface area contributed by atoms with E-state index < -0.39 is 0 Å². The molecule has 98 valence electrons. The highest BCUT2D eigenvalue weighted by Gasteiger charge is 2.16. The number of nitrogens with two attached hydrogens (primary N) is 1. The molecular formula is C11H21ClN4O. The van der Waals surface area contributed by atoms with Crippen LogP contribution in [0.4, 0.5) is 0 Å². The van der Waals surface area contributed by atoms with Crippen LogP contribution >= 0.6 is 11.6 Å². The minimum Gasteiger partial charge on any atom is -0.382 e. The fourth-order valence-corrected chi connectivity index (χ4v) is 2.02. The highest BCUT2D eigenvalue weighted by molar-refractivity contribution is 6.30. The number of halogens is 1. The molecule has 0 aliphatic carbocycles. The van der Waals surface area contributed by atoms with Crippen LogP contribution in [-0.4, -0.2) is 29.0 Å². The second-order valence-electron chi connectivity index (χ2n) is 4.03. The van der Waals surface area contributed by atoms with Gasteiger partial charge in [0.15, 0.2) is 0 Å². The largest absolute Gasteiger partial charge is 0.382 e. The number of aryl methyl sites for hydroxylation is 2. The summed E-state index contributed by atoms with van der Waals surface area (Å²) in [4.78, 5) is 0. The zero-order valence-electron chi connectivity index (χ0n) is 10.7. The van der Waals surface area contributed by atoms with Crippen LogP contribution in [0.3, 0.4) is 0 Å². The van der Waals surface area contributed by atoms with Gasteiger partial charge in [0.2, 0.25) is 0 Å². The maximum Gasteiger partial charge on any atom is 0.130 e. The van der Waals surface area contributed by atoms with Crippen LogP contribution < -0.4 is 11.3 Å². The van der Waals surface area contributed by atoms with E-state index in [1.54, 1.807) is 4.68 Å². The van der Waals surface area contributed by atoms with Crippen molar-refractivity contribution in [3.63, 3.8) is 0 Å². The lowest BCUT2D eigenvalue weighted by molar-refractivity contribution is 0.136. The Morgan fingerprint density at radius 2 is 2.29 bits per heavy atom. The summed E-state index contributed by atoms with van der Waals surface area (Å²) in [6.07, 6.45) is 1.62. The van der Waals surface area contributed by atoms with Crippen LogP contribution in [0, 0.1) is 6.92 Å². The number of hydrogen-bond acceptors (Lipinski definition) is 4. The summed E-state index contributed by atoms with van der Waals surface area (Å²) in [6.45, 7) is 5.36. The van der Waals surface area contributed by atoms with E-state index in [0.717, 1.165) is 30.7 Å². The summed E-state index contributed by atoms with van der Waals surface area (Å²) in [5, 5.41) is 4.96. The Morgan fingerprint density at radius 1 is 1.59 bits per heavy atom. The summed E-state index contributed by atoms with van der Waals surface area (Å²) in [5.74, 6) is 5.53. The molecule has 0 aromatic carbocycles. The molecule has 3 N–H and O–H groups in total. The molecule has 0 bridgehead atoms. The van der Waals surface area contributed by atoms with Gasteiger partial charge in [-0.05, 0) is 26.7 Å². The SMILES string of the molecule is CCOCCC(Cc1c(C)nn(C)c1Cl)NN. The first-order valence-corrected chi connectivity index (χ1v) is 6.19. The summed E-state index contributed by atoms with van der Waals surface area (Å²) in [7, 11) is 1.84. The minimum atomic E-state index is 0.155. The second kappa shape index (κ2) is 6.96. The van der Waals surface area contributed by atoms with Crippen molar-refractivity contribution in [3.8, 4) is 0 Å². The molecule has 17 heavy (non-hydrogen) atoms. The number of aromatic nitrogens is 2. The van der Waals surface area contributed by atoms with E-state index in [-0.39, 0.29) is 6.04 Å². The lowest BCUT2D eigenvalue weighted by Gasteiger charge is -2.15. The molecule has 1 aromatic rings. The molecule has 6 heteroatoms. The van der Waals surface area contributed by atoms with E-state index >= 15 is 0 Å². The molecule has 5 nitrogen and oxygen atoms in total. The van der Waals surface area contributed by atoms with Gasteiger partial charge in [-0.15, -0.1) is 0 Å². The van der Waals surface area contributed by atoms with Crippen LogP contribution in [0.15, 0.2) is 0 Å². The van der Waals surface area contributed by atoms with Gasteiger partial charge in [-0.3, -0.25) is 16.0 Å². The van der Waals surface area contributed by atoms with Crippen LogP contribution in [0.5, 0.6) is 0 Å². The fourth-order valence-electron chi connectivity index (χ4n) is 1.77. The first-order chi connectivity index (χ1) is 8.10. The molecule has 1 atom stereocenters. The van der Waals surface area contributed by atoms with Crippen LogP contribution in [0.2, 0.25) is 5.15 Å². The molecule has 1 heterocycles. The van der Waals surface area contributed by atoms with Gasteiger partial charge < -0.3 is 4.74 Å². The Morgan fingerprint density at radius 3 is 2.76 bits per heavy atom. The number of nitrogens with zero attached hydrogens (tertiary/aromatic N) is 2. The van der Waals surface area contributed by atoms with Crippen LogP contribution in [0.1, 0.15) is 24.6 Å². The average molecular weight is 261 g/mol. The number of hydrogen-bond donors (Lipinski definition) is 2. The molecule has 0 fully saturated rings. The maximum absolute atomic E-state index is 6.18. The Kier molecular flexibility index (Phi) is 5.91. The number of hydrazine groups is 1. The van der Waals surface area contributed by atoms with Gasteiger partial charge in [0.05, 0.1) is 5.69 Å². The predicted molar refractivity (Wildman–Crippen MR) is 68.9 cm³/mol. The Bertz CT molecular complexity index is 353. The summed E-state index contributed by atoms with van der Waals surface area (Å²) < 4.78 is 7.00. The molecule has 0 aliphatic heterocycles. The van der Waals surface area contributed by atoms with Crippen LogP contribution in [-0.2, 0) is 18.2 Å². The van der Waals surface area contributed by atoms with Gasteiger partial charge in [-0.1, -0.05) is 11.6 Å². The van der Waals surface area contributed by atoms with Crippen LogP contribution in [0.25, 0.3) is 0 Å². The van der Waals surface area contributed by atoms with Crippen molar-refractivity contribution in [2.75, 3.05) is 13.2 Å². The van der Waals surface area contributed by atoms with Crippen molar-refractivity contribution in [2.45, 2.75) is 32.7 Å². The Hall–Kier alpha value is -0.620. The summed E-state index contributed by atoms with van der Waals surface area (Å²) in [5.41, 5.74) is 4.80. The standard InChI is InChI=1S/C11H21ClN4O/c1-4-17-6-5-9(14-13)7-10-8(2)15-16(3)11(10)12/h9,14H,4-7,13H2,1-3H3. The van der Waals surface area contributed by atoms with Gasteiger partial charge in [0.1, 0.15) is 5.15 Å². The molecule has 0 saturated heterocycles. The lowest BCUT2D eigenvalue weighted by atomic mass is 10.1. The van der Waals surface area contributed by atoms with E-state index in [1.807, 2.05) is 20.9 Å². The van der Waals surface area contributed by atoms with E-state index in [0.29, 0.717) is 11.8 Å². The van der Waals surface area contributed by atoms with Gasteiger partial charge in [0, 0.05) is 31.9 Å². The lowest BCUT2D eigenvalue weighted by Crippen LogP contribution is -2.37. The van der Waals surface area contributed by atoms with E-state index in [9.17, 15) is 0 Å². The van der Waals surface area contributed by atoms with Gasteiger partial charge in [-0.2, -0.15) is 5.10 Å². The average Bonchev–Trinajstić information content (AvgIpc) is 2.54. The predicted octanol–water partition coefficient (Wildman–Crippen LogP) is 1.18. The third kappa shape index (κ3) is 3.96. The van der Waals surface area contributed by atoms with Crippen molar-refractivity contribution < 1.29 is 4.74 Å². The van der Waals surface area contributed by atoms with E-state index in [4.69, 9.17) is 22.2 Å². The van der Waals surface area contributed by atoms with E-state index in [1.165, 1.54) is 0 Å². The van der Waals surface area contributed by atoms with Crippen molar-refractivity contribution in [2.24, 2.45) is 12.9 Å². The third-order valence-corrected chi connectivity index (χ3v) is 3.24. The molecule has 0 aliphatic rings. The Labute approximate surface area is 107 Å². The summed E-state index contributed by atoms with van der Waals surface area (Å²) in [6, 6.07) is 0.155. The monoisotopic (exact) mass is 260 g/mol. The molecule has 0 radical (unpaired) electrons. The van der Waals surface area contributed by atoms with Gasteiger partial charge in [-0.25, -0.2) is 0 Å². The quantitative estimate of drug-likeness (QED) is 0.439. The van der Waals surface area contributed by atoms with Crippen molar-refractivity contribution in [3.05, 3.63) is 16.4 Å². The molecule has 0 saturated carbocycles. The normalized spacial score (nSPS) is 13.0. The molecule has 1 unspecified atom stereocenters. The zero-order valence-corrected chi connectivity index (χ0v) is 11.4. The first-order valence-electron chi connectivity index (χ1n) is 5.82. The Balaban J connectivity index is 2.60. The summed E-state index contributed by atoms with van der Waals surface area (Å²) >= 11 is 6.18. The number of ether oxygens (including phenoxy) is 1. The van der Waals surface area contributed by atoms with Gasteiger partial charge >= 0.3 is 0 Å². The second-order valence-corrected chi connectivity index (χ2v) is 4.39. The molecule has 0 amide bonds. The molecule has 0 spiro atoms. The smallest absolute Gasteiger partial charge is 0.130 e. The zero-order chi connectivity index (χ0) is 12.8. The molecule has 1 rings (SSSR count). The third-order valence-electron chi connectivity index (χ3n) is 2.77. The van der Waals surface area contributed by atoms with Crippen molar-refractivity contribution in [1.82, 2.24) is 15.2 Å². The number of nitrogens with one attached hydrogen (secondary N) is 1. The topological polar surface area (TPSA) is 65.1 Å². The molecular weight excluding hydrogens is 240 g/mol. The highest BCUT2D eigenvalue weighted by Crippen LogP contribution is 2.20. The maximum atomic E-state index is 6.18. The van der Waals surface area contributed by atoms with Crippen molar-refractivity contribution >= 4 is 11.6 Å². The number of rotatable bonds is 7. The van der Waals surface area contributed by atoms with Gasteiger partial charge in [0.25, 0.3) is 0 Å². The van der Waals surface area contributed by atoms with Crippen molar-refractivity contribution in [1.29, 1.82) is 0 Å².